The summed E-state index contributed by atoms with van der Waals surface area (Å²) in [5, 5.41) is 2.79. The number of nitrogens with one attached hydrogen (secondary N) is 1. The van der Waals surface area contributed by atoms with Gasteiger partial charge in [0.05, 0.1) is 21.5 Å². The van der Waals surface area contributed by atoms with E-state index in [1.165, 1.54) is 18.4 Å². The molecule has 0 atom stereocenters. The molecule has 1 amide bonds. The first-order valence-corrected chi connectivity index (χ1v) is 7.61. The number of carbonyl (C=O) groups is 1. The number of methoxy groups -OCH3 is 1. The first-order valence-electron chi connectivity index (χ1n) is 5.21. The number of hydrogen-bond donors (Lipinski definition) is 2. The second-order valence-electron chi connectivity index (χ2n) is 3.65. The molecule has 1 heterocycles. The zero-order chi connectivity index (χ0) is 14.0. The molecule has 0 aliphatic carbocycles. The molecule has 0 saturated carbocycles. The first kappa shape index (κ1) is 14.4. The second kappa shape index (κ2) is 5.94. The van der Waals surface area contributed by atoms with Crippen LogP contribution < -0.4 is 15.8 Å². The zero-order valence-electron chi connectivity index (χ0n) is 9.87. The van der Waals surface area contributed by atoms with Gasteiger partial charge in [0.1, 0.15) is 5.75 Å². The van der Waals surface area contributed by atoms with Gasteiger partial charge >= 0.3 is 0 Å². The molecule has 0 unspecified atom stereocenters. The van der Waals surface area contributed by atoms with Crippen LogP contribution in [0, 0.1) is 0 Å². The van der Waals surface area contributed by atoms with Gasteiger partial charge < -0.3 is 15.8 Å². The average Bonchev–Trinajstić information content (AvgIpc) is 2.72. The van der Waals surface area contributed by atoms with Crippen molar-refractivity contribution in [1.82, 2.24) is 0 Å². The molecular formula is C12H10Br2N2O2S. The number of amides is 1. The van der Waals surface area contributed by atoms with Crippen molar-refractivity contribution in [3.63, 3.8) is 0 Å². The van der Waals surface area contributed by atoms with Crippen LogP contribution in [0.3, 0.4) is 0 Å². The van der Waals surface area contributed by atoms with Gasteiger partial charge in [-0.3, -0.25) is 4.79 Å². The van der Waals surface area contributed by atoms with Crippen molar-refractivity contribution in [2.24, 2.45) is 0 Å². The normalized spacial score (nSPS) is 10.3. The number of carbonyl (C=O) groups excluding carboxylic acids is 1. The number of hydrogen-bond acceptors (Lipinski definition) is 4. The topological polar surface area (TPSA) is 64.3 Å². The molecule has 0 aliphatic rings. The van der Waals surface area contributed by atoms with E-state index in [1.807, 2.05) is 0 Å². The second-order valence-corrected chi connectivity index (χ2v) is 6.87. The van der Waals surface area contributed by atoms with Crippen molar-refractivity contribution in [2.75, 3.05) is 18.2 Å². The summed E-state index contributed by atoms with van der Waals surface area (Å²) in [4.78, 5) is 12.7. The van der Waals surface area contributed by atoms with Gasteiger partial charge in [-0.15, -0.1) is 11.3 Å². The van der Waals surface area contributed by atoms with E-state index in [2.05, 4.69) is 37.2 Å². The van der Waals surface area contributed by atoms with Gasteiger partial charge in [0.2, 0.25) is 0 Å². The number of halogens is 2. The van der Waals surface area contributed by atoms with Crippen LogP contribution in [0.1, 0.15) is 9.67 Å². The minimum absolute atomic E-state index is 0.195. The van der Waals surface area contributed by atoms with E-state index in [9.17, 15) is 4.79 Å². The van der Waals surface area contributed by atoms with Crippen LogP contribution in [-0.2, 0) is 0 Å². The van der Waals surface area contributed by atoms with Crippen LogP contribution >= 0.6 is 43.2 Å². The number of benzene rings is 1. The fourth-order valence-corrected chi connectivity index (χ4v) is 3.38. The van der Waals surface area contributed by atoms with Gasteiger partial charge in [0.15, 0.2) is 0 Å². The summed E-state index contributed by atoms with van der Waals surface area (Å²) in [6.45, 7) is 0. The number of thiophene rings is 1. The smallest absolute Gasteiger partial charge is 0.265 e. The SMILES string of the molecule is COc1cc(N)ccc1NC(=O)c1cc(Br)c(Br)s1. The van der Waals surface area contributed by atoms with E-state index in [-0.39, 0.29) is 5.91 Å². The number of nitrogen functional groups attached to an aromatic ring is 1. The Balaban J connectivity index is 2.23. The molecule has 0 radical (unpaired) electrons. The maximum absolute atomic E-state index is 12.1. The number of rotatable bonds is 3. The highest BCUT2D eigenvalue weighted by molar-refractivity contribution is 9.13. The van der Waals surface area contributed by atoms with E-state index in [0.29, 0.717) is 22.0 Å². The third kappa shape index (κ3) is 3.29. The van der Waals surface area contributed by atoms with Crippen LogP contribution in [0.4, 0.5) is 11.4 Å². The molecule has 19 heavy (non-hydrogen) atoms. The summed E-state index contributed by atoms with van der Waals surface area (Å²) < 4.78 is 6.91. The van der Waals surface area contributed by atoms with Crippen LogP contribution in [0.25, 0.3) is 0 Å². The molecule has 0 saturated heterocycles. The maximum atomic E-state index is 12.1. The highest BCUT2D eigenvalue weighted by Gasteiger charge is 2.14. The quantitative estimate of drug-likeness (QED) is 0.755. The number of ether oxygens (including phenoxy) is 1. The van der Waals surface area contributed by atoms with Crippen molar-refractivity contribution in [3.05, 3.63) is 37.4 Å². The van der Waals surface area contributed by atoms with Crippen LogP contribution in [0.5, 0.6) is 5.75 Å². The Bertz CT molecular complexity index is 609. The van der Waals surface area contributed by atoms with Crippen molar-refractivity contribution >= 4 is 60.5 Å². The highest BCUT2D eigenvalue weighted by Crippen LogP contribution is 2.33. The summed E-state index contributed by atoms with van der Waals surface area (Å²) in [7, 11) is 1.53. The van der Waals surface area contributed by atoms with E-state index in [1.54, 1.807) is 24.3 Å². The van der Waals surface area contributed by atoms with Gasteiger partial charge in [-0.05, 0) is 50.1 Å². The summed E-state index contributed by atoms with van der Waals surface area (Å²) in [6.07, 6.45) is 0. The molecule has 3 N–H and O–H groups in total. The first-order chi connectivity index (χ1) is 9.01. The number of nitrogens with two attached hydrogens (primary N) is 1. The van der Waals surface area contributed by atoms with Gasteiger partial charge in [-0.1, -0.05) is 0 Å². The fourth-order valence-electron chi connectivity index (χ4n) is 1.45. The summed E-state index contributed by atoms with van der Waals surface area (Å²) >= 11 is 8.06. The van der Waals surface area contributed by atoms with Gasteiger partial charge in [0, 0.05) is 16.2 Å². The van der Waals surface area contributed by atoms with Gasteiger partial charge in [-0.2, -0.15) is 0 Å². The Morgan fingerprint density at radius 3 is 2.68 bits per heavy atom. The Hall–Kier alpha value is -1.05. The Labute approximate surface area is 131 Å². The lowest BCUT2D eigenvalue weighted by Crippen LogP contribution is -2.11. The van der Waals surface area contributed by atoms with Crippen molar-refractivity contribution in [3.8, 4) is 5.75 Å². The lowest BCUT2D eigenvalue weighted by Gasteiger charge is -2.09. The molecule has 4 nitrogen and oxygen atoms in total. The monoisotopic (exact) mass is 404 g/mol. The lowest BCUT2D eigenvalue weighted by molar-refractivity contribution is 0.103. The fraction of sp³-hybridized carbons (Fsp3) is 0.0833. The molecule has 0 fully saturated rings. The summed E-state index contributed by atoms with van der Waals surface area (Å²) in [6, 6.07) is 6.84. The molecule has 0 aliphatic heterocycles. The highest BCUT2D eigenvalue weighted by atomic mass is 79.9. The molecule has 1 aromatic carbocycles. The minimum atomic E-state index is -0.195. The molecule has 2 rings (SSSR count). The molecule has 2 aromatic rings. The van der Waals surface area contributed by atoms with Crippen molar-refractivity contribution in [1.29, 1.82) is 0 Å². The van der Waals surface area contributed by atoms with Gasteiger partial charge in [0.25, 0.3) is 5.91 Å². The zero-order valence-corrected chi connectivity index (χ0v) is 13.9. The standard InChI is InChI=1S/C12H10Br2N2O2S/c1-18-9-4-6(15)2-3-8(9)16-12(17)10-5-7(13)11(14)19-10/h2-5H,15H2,1H3,(H,16,17). The van der Waals surface area contributed by atoms with Crippen molar-refractivity contribution in [2.45, 2.75) is 0 Å². The Kier molecular flexibility index (Phi) is 4.49. The molecule has 100 valence electrons. The van der Waals surface area contributed by atoms with Crippen LogP contribution in [0.2, 0.25) is 0 Å². The largest absolute Gasteiger partial charge is 0.494 e. The third-order valence-electron chi connectivity index (χ3n) is 2.34. The summed E-state index contributed by atoms with van der Waals surface area (Å²) in [5.74, 6) is 0.336. The van der Waals surface area contributed by atoms with Gasteiger partial charge in [-0.25, -0.2) is 0 Å². The third-order valence-corrected chi connectivity index (χ3v) is 5.60. The van der Waals surface area contributed by atoms with E-state index < -0.39 is 0 Å². The molecule has 7 heteroatoms. The Morgan fingerprint density at radius 1 is 1.37 bits per heavy atom. The molecule has 0 spiro atoms. The van der Waals surface area contributed by atoms with Crippen LogP contribution in [-0.4, -0.2) is 13.0 Å². The Morgan fingerprint density at radius 2 is 2.11 bits per heavy atom. The minimum Gasteiger partial charge on any atom is -0.494 e. The average molecular weight is 406 g/mol. The lowest BCUT2D eigenvalue weighted by atomic mass is 10.2. The number of anilines is 2. The van der Waals surface area contributed by atoms with E-state index in [4.69, 9.17) is 10.5 Å². The maximum Gasteiger partial charge on any atom is 0.265 e. The molecular weight excluding hydrogens is 396 g/mol. The van der Waals surface area contributed by atoms with Crippen LogP contribution in [0.15, 0.2) is 32.5 Å². The van der Waals surface area contributed by atoms with E-state index >= 15 is 0 Å². The van der Waals surface area contributed by atoms with Crippen molar-refractivity contribution < 1.29 is 9.53 Å². The molecule has 1 aromatic heterocycles. The van der Waals surface area contributed by atoms with E-state index in [0.717, 1.165) is 8.26 Å². The summed E-state index contributed by atoms with van der Waals surface area (Å²) in [5.41, 5.74) is 6.83. The molecule has 0 bridgehead atoms. The predicted molar refractivity (Wildman–Crippen MR) is 85.1 cm³/mol. The predicted octanol–water partition coefficient (Wildman–Crippen LogP) is 4.12.